The third kappa shape index (κ3) is 2.14. The summed E-state index contributed by atoms with van der Waals surface area (Å²) in [5.74, 6) is 0. The molecule has 0 aliphatic rings. The fourth-order valence-corrected chi connectivity index (χ4v) is 3.58. The second-order valence-corrected chi connectivity index (χ2v) is 5.80. The smallest absolute Gasteiger partial charge is 0.316 e. The van der Waals surface area contributed by atoms with E-state index in [0.29, 0.717) is 0 Å². The second-order valence-electron chi connectivity index (χ2n) is 4.57. The fourth-order valence-electron chi connectivity index (χ4n) is 2.42. The highest BCUT2D eigenvalue weighted by molar-refractivity contribution is 7.17. The van der Waals surface area contributed by atoms with Crippen LogP contribution in [0.15, 0.2) is 48.5 Å². The molecule has 3 rings (SSSR count). The number of carbonyl (C=O) groups excluding carboxylic acids is 1. The first kappa shape index (κ1) is 12.7. The second kappa shape index (κ2) is 4.98. The van der Waals surface area contributed by atoms with E-state index >= 15 is 0 Å². The highest BCUT2D eigenvalue weighted by Crippen LogP contribution is 2.41. The number of urea groups is 1. The number of hydrogen-bond acceptors (Lipinski definition) is 2. The maximum atomic E-state index is 11.1. The number of amides is 2. The van der Waals surface area contributed by atoms with Gasteiger partial charge < -0.3 is 11.1 Å². The quantitative estimate of drug-likeness (QED) is 0.720. The molecule has 2 amide bonds. The average molecular weight is 282 g/mol. The number of aryl methyl sites for hydroxylation is 1. The molecular formula is C16H14N2OS. The van der Waals surface area contributed by atoms with E-state index in [1.807, 2.05) is 30.3 Å². The lowest BCUT2D eigenvalue weighted by molar-refractivity contribution is 0.259. The fraction of sp³-hybridized carbons (Fsp3) is 0.0625. The van der Waals surface area contributed by atoms with Gasteiger partial charge in [0.15, 0.2) is 0 Å². The Labute approximate surface area is 121 Å². The number of benzene rings is 2. The van der Waals surface area contributed by atoms with Crippen molar-refractivity contribution in [2.75, 3.05) is 5.32 Å². The molecule has 0 spiro atoms. The molecule has 0 radical (unpaired) electrons. The maximum absolute atomic E-state index is 11.1. The van der Waals surface area contributed by atoms with Crippen molar-refractivity contribution in [3.63, 3.8) is 0 Å². The van der Waals surface area contributed by atoms with Crippen LogP contribution in [0.1, 0.15) is 4.88 Å². The first-order valence-electron chi connectivity index (χ1n) is 6.31. The van der Waals surface area contributed by atoms with Crippen LogP contribution in [0.3, 0.4) is 0 Å². The highest BCUT2D eigenvalue weighted by atomic mass is 32.1. The number of hydrogen-bond donors (Lipinski definition) is 2. The first-order chi connectivity index (χ1) is 9.66. The summed E-state index contributed by atoms with van der Waals surface area (Å²) in [7, 11) is 0. The Morgan fingerprint density at radius 1 is 1.10 bits per heavy atom. The van der Waals surface area contributed by atoms with Gasteiger partial charge in [0.25, 0.3) is 0 Å². The Morgan fingerprint density at radius 2 is 1.85 bits per heavy atom. The number of fused-ring (bicyclic) bond motifs is 1. The van der Waals surface area contributed by atoms with Crippen LogP contribution in [0.4, 0.5) is 10.5 Å². The number of carbonyl (C=O) groups is 1. The number of nitrogens with one attached hydrogen (secondary N) is 1. The van der Waals surface area contributed by atoms with Gasteiger partial charge >= 0.3 is 6.03 Å². The minimum atomic E-state index is -0.538. The molecule has 20 heavy (non-hydrogen) atoms. The summed E-state index contributed by atoms with van der Waals surface area (Å²) in [6, 6.07) is 15.6. The van der Waals surface area contributed by atoms with Crippen molar-refractivity contribution in [3.05, 3.63) is 53.4 Å². The van der Waals surface area contributed by atoms with Crippen LogP contribution in [-0.4, -0.2) is 6.03 Å². The molecule has 0 aliphatic heterocycles. The molecule has 4 heteroatoms. The highest BCUT2D eigenvalue weighted by Gasteiger charge is 2.13. The standard InChI is InChI=1S/C16H14N2OS/c1-10-14-12(8-5-9-13(14)18-16(17)19)15(20-10)11-6-3-2-4-7-11/h2-9H,1H3,(H3,17,18,19). The van der Waals surface area contributed by atoms with Crippen LogP contribution < -0.4 is 11.1 Å². The molecule has 0 aliphatic carbocycles. The van der Waals surface area contributed by atoms with E-state index in [1.54, 1.807) is 11.3 Å². The van der Waals surface area contributed by atoms with E-state index in [2.05, 4.69) is 30.4 Å². The van der Waals surface area contributed by atoms with Gasteiger partial charge in [0.05, 0.1) is 5.69 Å². The van der Waals surface area contributed by atoms with Crippen molar-refractivity contribution in [1.82, 2.24) is 0 Å². The van der Waals surface area contributed by atoms with Gasteiger partial charge in [-0.2, -0.15) is 0 Å². The van der Waals surface area contributed by atoms with Crippen molar-refractivity contribution in [2.45, 2.75) is 6.92 Å². The van der Waals surface area contributed by atoms with Crippen molar-refractivity contribution in [1.29, 1.82) is 0 Å². The molecule has 1 heterocycles. The van der Waals surface area contributed by atoms with Crippen LogP contribution in [0.5, 0.6) is 0 Å². The van der Waals surface area contributed by atoms with Gasteiger partial charge in [0, 0.05) is 20.5 Å². The summed E-state index contributed by atoms with van der Waals surface area (Å²) in [5.41, 5.74) is 7.19. The normalized spacial score (nSPS) is 10.7. The molecule has 0 bridgehead atoms. The topological polar surface area (TPSA) is 55.1 Å². The van der Waals surface area contributed by atoms with E-state index in [4.69, 9.17) is 5.73 Å². The van der Waals surface area contributed by atoms with Gasteiger partial charge in [0.2, 0.25) is 0 Å². The zero-order valence-corrected chi connectivity index (χ0v) is 11.8. The minimum absolute atomic E-state index is 0.538. The van der Waals surface area contributed by atoms with Gasteiger partial charge in [-0.15, -0.1) is 11.3 Å². The monoisotopic (exact) mass is 282 g/mol. The average Bonchev–Trinajstić information content (AvgIpc) is 2.78. The Kier molecular flexibility index (Phi) is 3.16. The van der Waals surface area contributed by atoms with E-state index < -0.39 is 6.03 Å². The number of nitrogens with two attached hydrogens (primary N) is 1. The third-order valence-corrected chi connectivity index (χ3v) is 4.38. The lowest BCUT2D eigenvalue weighted by Crippen LogP contribution is -2.19. The van der Waals surface area contributed by atoms with Gasteiger partial charge in [-0.3, -0.25) is 0 Å². The Morgan fingerprint density at radius 3 is 2.55 bits per heavy atom. The van der Waals surface area contributed by atoms with Gasteiger partial charge in [-0.25, -0.2) is 4.79 Å². The predicted molar refractivity (Wildman–Crippen MR) is 85.2 cm³/mol. The van der Waals surface area contributed by atoms with Crippen molar-refractivity contribution >= 4 is 33.8 Å². The van der Waals surface area contributed by atoms with Gasteiger partial charge in [-0.1, -0.05) is 42.5 Å². The van der Waals surface area contributed by atoms with Gasteiger partial charge in [-0.05, 0) is 18.6 Å². The van der Waals surface area contributed by atoms with Crippen molar-refractivity contribution in [3.8, 4) is 10.4 Å². The summed E-state index contributed by atoms with van der Waals surface area (Å²) in [5, 5.41) is 4.91. The SMILES string of the molecule is Cc1sc(-c2ccccc2)c2cccc(NC(N)=O)c12. The number of rotatable bonds is 2. The molecule has 100 valence electrons. The summed E-state index contributed by atoms with van der Waals surface area (Å²) in [4.78, 5) is 13.5. The molecule has 0 atom stereocenters. The Balaban J connectivity index is 2.25. The van der Waals surface area contributed by atoms with Crippen molar-refractivity contribution < 1.29 is 4.79 Å². The number of primary amides is 1. The van der Waals surface area contributed by atoms with Crippen LogP contribution in [0.2, 0.25) is 0 Å². The molecule has 3 aromatic rings. The lowest BCUT2D eigenvalue weighted by Gasteiger charge is -2.05. The molecule has 0 saturated carbocycles. The Bertz CT molecular complexity index is 778. The van der Waals surface area contributed by atoms with Crippen LogP contribution in [0, 0.1) is 6.92 Å². The molecular weight excluding hydrogens is 268 g/mol. The van der Waals surface area contributed by atoms with E-state index in [9.17, 15) is 4.79 Å². The van der Waals surface area contributed by atoms with Crippen molar-refractivity contribution in [2.24, 2.45) is 5.73 Å². The van der Waals surface area contributed by atoms with Crippen LogP contribution in [0.25, 0.3) is 21.2 Å². The van der Waals surface area contributed by atoms with Gasteiger partial charge in [0.1, 0.15) is 0 Å². The van der Waals surface area contributed by atoms with Crippen LogP contribution in [-0.2, 0) is 0 Å². The van der Waals surface area contributed by atoms with E-state index in [1.165, 1.54) is 15.3 Å². The molecule has 1 aromatic heterocycles. The molecule has 3 nitrogen and oxygen atoms in total. The predicted octanol–water partition coefficient (Wildman–Crippen LogP) is 4.37. The molecule has 0 unspecified atom stereocenters. The summed E-state index contributed by atoms with van der Waals surface area (Å²) >= 11 is 1.73. The Hall–Kier alpha value is -2.33. The minimum Gasteiger partial charge on any atom is -0.351 e. The summed E-state index contributed by atoms with van der Waals surface area (Å²) < 4.78 is 0. The largest absolute Gasteiger partial charge is 0.351 e. The zero-order valence-electron chi connectivity index (χ0n) is 11.0. The molecule has 0 saturated heterocycles. The molecule has 3 N–H and O–H groups in total. The van der Waals surface area contributed by atoms with Crippen LogP contribution >= 0.6 is 11.3 Å². The number of anilines is 1. The number of thiophene rings is 1. The molecule has 0 fully saturated rings. The maximum Gasteiger partial charge on any atom is 0.316 e. The van der Waals surface area contributed by atoms with E-state index in [-0.39, 0.29) is 0 Å². The zero-order chi connectivity index (χ0) is 14.1. The van der Waals surface area contributed by atoms with E-state index in [0.717, 1.165) is 16.5 Å². The third-order valence-electron chi connectivity index (χ3n) is 3.21. The lowest BCUT2D eigenvalue weighted by atomic mass is 10.1. The molecule has 2 aromatic carbocycles. The summed E-state index contributed by atoms with van der Waals surface area (Å²) in [6.07, 6.45) is 0. The summed E-state index contributed by atoms with van der Waals surface area (Å²) in [6.45, 7) is 2.06. The first-order valence-corrected chi connectivity index (χ1v) is 7.12.